The van der Waals surface area contributed by atoms with Crippen LogP contribution in [-0.2, 0) is 4.74 Å². The Morgan fingerprint density at radius 3 is 2.85 bits per heavy atom. The van der Waals surface area contributed by atoms with Gasteiger partial charge in [-0.1, -0.05) is 13.0 Å². The Balaban J connectivity index is 2.35. The van der Waals surface area contributed by atoms with Gasteiger partial charge in [0.25, 0.3) is 0 Å². The van der Waals surface area contributed by atoms with Gasteiger partial charge < -0.3 is 14.7 Å². The number of ether oxygens (including phenoxy) is 1. The summed E-state index contributed by atoms with van der Waals surface area (Å²) in [6, 6.07) is 5.68. The van der Waals surface area contributed by atoms with E-state index in [1.807, 2.05) is 24.5 Å². The molecule has 4 nitrogen and oxygen atoms in total. The predicted octanol–water partition coefficient (Wildman–Crippen LogP) is 2.97. The van der Waals surface area contributed by atoms with E-state index in [-0.39, 0.29) is 6.10 Å². The topological polar surface area (TPSA) is 49.8 Å². The summed E-state index contributed by atoms with van der Waals surface area (Å²) in [5.41, 5.74) is 1.21. The molecule has 0 aliphatic carbocycles. The van der Waals surface area contributed by atoms with E-state index in [9.17, 15) is 9.90 Å². The quantitative estimate of drug-likeness (QED) is 0.865. The number of carbonyl (C=O) groups is 1. The molecule has 2 atom stereocenters. The number of benzene rings is 1. The highest BCUT2D eigenvalue weighted by Gasteiger charge is 2.29. The minimum absolute atomic E-state index is 0.156. The first-order valence-electron chi connectivity index (χ1n) is 6.76. The van der Waals surface area contributed by atoms with Crippen LogP contribution in [0.1, 0.15) is 23.7 Å². The predicted molar refractivity (Wildman–Crippen MR) is 82.0 cm³/mol. The molecule has 0 amide bonds. The molecule has 0 bridgehead atoms. The molecular formula is C15H21NO3S. The second-order valence-electron chi connectivity index (χ2n) is 5.15. The molecule has 0 aromatic heterocycles. The van der Waals surface area contributed by atoms with Gasteiger partial charge in [-0.2, -0.15) is 0 Å². The van der Waals surface area contributed by atoms with E-state index in [1.54, 1.807) is 7.11 Å². The van der Waals surface area contributed by atoms with E-state index in [2.05, 4.69) is 11.8 Å². The second-order valence-corrected chi connectivity index (χ2v) is 5.99. The van der Waals surface area contributed by atoms with Gasteiger partial charge >= 0.3 is 5.97 Å². The highest BCUT2D eigenvalue weighted by Crippen LogP contribution is 2.32. The van der Waals surface area contributed by atoms with Crippen molar-refractivity contribution in [2.75, 3.05) is 31.4 Å². The maximum Gasteiger partial charge on any atom is 0.338 e. The molecule has 0 saturated carbocycles. The molecule has 1 fully saturated rings. The zero-order valence-corrected chi connectivity index (χ0v) is 12.9. The van der Waals surface area contributed by atoms with Crippen molar-refractivity contribution >= 4 is 23.4 Å². The third-order valence-electron chi connectivity index (χ3n) is 3.97. The van der Waals surface area contributed by atoms with Crippen molar-refractivity contribution in [2.24, 2.45) is 5.92 Å². The molecule has 5 heteroatoms. The van der Waals surface area contributed by atoms with Crippen LogP contribution in [0.15, 0.2) is 23.1 Å². The highest BCUT2D eigenvalue weighted by atomic mass is 32.2. The smallest absolute Gasteiger partial charge is 0.338 e. The SMILES string of the molecule is COC1CN(c2cccc(SC)c2C(=O)O)CCC1C. The highest BCUT2D eigenvalue weighted by molar-refractivity contribution is 7.98. The molecule has 1 saturated heterocycles. The summed E-state index contributed by atoms with van der Waals surface area (Å²) in [6.07, 6.45) is 3.08. The number of anilines is 1. The number of nitrogens with zero attached hydrogens (tertiary/aromatic N) is 1. The number of thioether (sulfide) groups is 1. The van der Waals surface area contributed by atoms with Crippen LogP contribution in [0, 0.1) is 5.92 Å². The van der Waals surface area contributed by atoms with Gasteiger partial charge in [0.05, 0.1) is 17.4 Å². The molecule has 20 heavy (non-hydrogen) atoms. The Kier molecular flexibility index (Phi) is 4.94. The van der Waals surface area contributed by atoms with Crippen molar-refractivity contribution in [1.82, 2.24) is 0 Å². The molecule has 0 radical (unpaired) electrons. The largest absolute Gasteiger partial charge is 0.478 e. The van der Waals surface area contributed by atoms with E-state index in [1.165, 1.54) is 11.8 Å². The van der Waals surface area contributed by atoms with Crippen LogP contribution in [-0.4, -0.2) is 43.6 Å². The van der Waals surface area contributed by atoms with Crippen molar-refractivity contribution in [1.29, 1.82) is 0 Å². The molecule has 1 heterocycles. The summed E-state index contributed by atoms with van der Waals surface area (Å²) in [4.78, 5) is 14.5. The van der Waals surface area contributed by atoms with Crippen LogP contribution in [0.4, 0.5) is 5.69 Å². The summed E-state index contributed by atoms with van der Waals surface area (Å²) in [5, 5.41) is 9.51. The number of carboxylic acid groups (broad SMARTS) is 1. The summed E-state index contributed by atoms with van der Waals surface area (Å²) >= 11 is 1.47. The number of carboxylic acids is 1. The number of hydrogen-bond donors (Lipinski definition) is 1. The van der Waals surface area contributed by atoms with Crippen LogP contribution in [0.2, 0.25) is 0 Å². The van der Waals surface area contributed by atoms with E-state index >= 15 is 0 Å². The van der Waals surface area contributed by atoms with E-state index in [0.29, 0.717) is 11.5 Å². The van der Waals surface area contributed by atoms with Crippen LogP contribution in [0.3, 0.4) is 0 Å². The maximum atomic E-state index is 11.6. The molecule has 1 aliphatic heterocycles. The molecule has 1 aliphatic rings. The lowest BCUT2D eigenvalue weighted by Crippen LogP contribution is -2.44. The summed E-state index contributed by atoms with van der Waals surface area (Å²) < 4.78 is 5.52. The summed E-state index contributed by atoms with van der Waals surface area (Å²) in [6.45, 7) is 3.80. The van der Waals surface area contributed by atoms with E-state index < -0.39 is 5.97 Å². The van der Waals surface area contributed by atoms with Crippen molar-refractivity contribution in [3.05, 3.63) is 23.8 Å². The molecule has 110 valence electrons. The molecule has 1 aromatic carbocycles. The average molecular weight is 295 g/mol. The number of methoxy groups -OCH3 is 1. The van der Waals surface area contributed by atoms with Gasteiger partial charge in [-0.3, -0.25) is 0 Å². The monoisotopic (exact) mass is 295 g/mol. The fourth-order valence-electron chi connectivity index (χ4n) is 2.73. The van der Waals surface area contributed by atoms with Crippen molar-refractivity contribution < 1.29 is 14.6 Å². The minimum Gasteiger partial charge on any atom is -0.478 e. The van der Waals surface area contributed by atoms with Crippen LogP contribution >= 0.6 is 11.8 Å². The Morgan fingerprint density at radius 1 is 1.50 bits per heavy atom. The third-order valence-corrected chi connectivity index (χ3v) is 4.75. The summed E-state index contributed by atoms with van der Waals surface area (Å²) in [5.74, 6) is -0.356. The van der Waals surface area contributed by atoms with Crippen molar-refractivity contribution in [3.63, 3.8) is 0 Å². The van der Waals surface area contributed by atoms with Gasteiger partial charge in [-0.25, -0.2) is 4.79 Å². The van der Waals surface area contributed by atoms with Crippen molar-refractivity contribution in [2.45, 2.75) is 24.3 Å². The van der Waals surface area contributed by atoms with Gasteiger partial charge in [0, 0.05) is 25.1 Å². The first-order valence-corrected chi connectivity index (χ1v) is 7.99. The van der Waals surface area contributed by atoms with E-state index in [4.69, 9.17) is 4.74 Å². The van der Waals surface area contributed by atoms with Gasteiger partial charge in [0.2, 0.25) is 0 Å². The number of hydrogen-bond acceptors (Lipinski definition) is 4. The number of rotatable bonds is 4. The molecule has 1 N–H and O–H groups in total. The van der Waals surface area contributed by atoms with Gasteiger partial charge in [-0.15, -0.1) is 11.8 Å². The van der Waals surface area contributed by atoms with E-state index in [0.717, 1.165) is 30.1 Å². The Morgan fingerprint density at radius 2 is 2.25 bits per heavy atom. The van der Waals surface area contributed by atoms with Crippen molar-refractivity contribution in [3.8, 4) is 0 Å². The van der Waals surface area contributed by atoms with Gasteiger partial charge in [0.15, 0.2) is 0 Å². The molecular weight excluding hydrogens is 274 g/mol. The maximum absolute atomic E-state index is 11.6. The number of piperidine rings is 1. The lowest BCUT2D eigenvalue weighted by atomic mass is 9.95. The first-order chi connectivity index (χ1) is 9.58. The lowest BCUT2D eigenvalue weighted by Gasteiger charge is -2.38. The standard InChI is InChI=1S/C15H21NO3S/c1-10-7-8-16(9-12(10)19-2)11-5-4-6-13(20-3)14(11)15(17)18/h4-6,10,12H,7-9H2,1-3H3,(H,17,18). The average Bonchev–Trinajstić information content (AvgIpc) is 2.46. The fraction of sp³-hybridized carbons (Fsp3) is 0.533. The number of aromatic carboxylic acids is 1. The van der Waals surface area contributed by atoms with Gasteiger partial charge in [0.1, 0.15) is 0 Å². The van der Waals surface area contributed by atoms with Crippen LogP contribution in [0.5, 0.6) is 0 Å². The fourth-order valence-corrected chi connectivity index (χ4v) is 3.34. The van der Waals surface area contributed by atoms with Crippen LogP contribution in [0.25, 0.3) is 0 Å². The molecule has 0 spiro atoms. The first kappa shape index (κ1) is 15.2. The normalized spacial score (nSPS) is 22.9. The molecule has 2 unspecified atom stereocenters. The zero-order chi connectivity index (χ0) is 14.7. The third kappa shape index (κ3) is 2.94. The van der Waals surface area contributed by atoms with Crippen LogP contribution < -0.4 is 4.90 Å². The molecule has 2 rings (SSSR count). The minimum atomic E-state index is -0.863. The Hall–Kier alpha value is -1.20. The van der Waals surface area contributed by atoms with Gasteiger partial charge in [-0.05, 0) is 30.7 Å². The zero-order valence-electron chi connectivity index (χ0n) is 12.1. The molecule has 1 aromatic rings. The summed E-state index contributed by atoms with van der Waals surface area (Å²) in [7, 11) is 1.72. The Labute approximate surface area is 124 Å². The lowest BCUT2D eigenvalue weighted by molar-refractivity contribution is 0.0496. The second kappa shape index (κ2) is 6.50. The Bertz CT molecular complexity index is 492.